The van der Waals surface area contributed by atoms with Crippen LogP contribution >= 0.6 is 0 Å². The summed E-state index contributed by atoms with van der Waals surface area (Å²) in [4.78, 5) is 12.4. The lowest BCUT2D eigenvalue weighted by molar-refractivity contribution is 0.0933. The lowest BCUT2D eigenvalue weighted by Crippen LogP contribution is -2.34. The van der Waals surface area contributed by atoms with Gasteiger partial charge in [-0.25, -0.2) is 13.1 Å². The first-order chi connectivity index (χ1) is 11.5. The van der Waals surface area contributed by atoms with Gasteiger partial charge in [-0.1, -0.05) is 31.7 Å². The number of carbonyl (C=O) groups is 1. The predicted octanol–water partition coefficient (Wildman–Crippen LogP) is 2.33. The number of nitrogens with one attached hydrogen (secondary N) is 2. The Bertz CT molecular complexity index is 702. The highest BCUT2D eigenvalue weighted by Crippen LogP contribution is 2.18. The molecule has 1 aliphatic rings. The van der Waals surface area contributed by atoms with Gasteiger partial charge in [0, 0.05) is 24.6 Å². The maximum atomic E-state index is 12.4. The summed E-state index contributed by atoms with van der Waals surface area (Å²) in [5, 5.41) is 11.5. The Balaban J connectivity index is 2.06. The molecule has 1 saturated carbocycles. The predicted molar refractivity (Wildman–Crippen MR) is 90.8 cm³/mol. The van der Waals surface area contributed by atoms with Gasteiger partial charge in [-0.2, -0.15) is 5.26 Å². The topological polar surface area (TPSA) is 99.1 Å². The summed E-state index contributed by atoms with van der Waals surface area (Å²) in [7, 11) is -3.71. The summed E-state index contributed by atoms with van der Waals surface area (Å²) >= 11 is 0. The van der Waals surface area contributed by atoms with Gasteiger partial charge in [0.2, 0.25) is 10.0 Å². The van der Waals surface area contributed by atoms with Crippen LogP contribution < -0.4 is 10.0 Å². The fourth-order valence-corrected chi connectivity index (χ4v) is 3.90. The number of hydrogen-bond donors (Lipinski definition) is 2. The van der Waals surface area contributed by atoms with Crippen LogP contribution in [-0.4, -0.2) is 26.9 Å². The molecule has 0 atom stereocenters. The van der Waals surface area contributed by atoms with Gasteiger partial charge < -0.3 is 5.32 Å². The third kappa shape index (κ3) is 5.32. The highest BCUT2D eigenvalue weighted by molar-refractivity contribution is 7.89. The first-order valence-electron chi connectivity index (χ1n) is 8.30. The smallest absolute Gasteiger partial charge is 0.251 e. The maximum absolute atomic E-state index is 12.4. The van der Waals surface area contributed by atoms with Crippen molar-refractivity contribution in [2.24, 2.45) is 0 Å². The molecule has 24 heavy (non-hydrogen) atoms. The highest BCUT2D eigenvalue weighted by Gasteiger charge is 2.18. The molecular formula is C17H23N3O3S. The number of carbonyl (C=O) groups excluding carboxylic acids is 1. The van der Waals surface area contributed by atoms with Gasteiger partial charge in [0.1, 0.15) is 0 Å². The monoisotopic (exact) mass is 349 g/mol. The van der Waals surface area contributed by atoms with E-state index in [0.717, 1.165) is 25.7 Å². The summed E-state index contributed by atoms with van der Waals surface area (Å²) in [6, 6.07) is 8.03. The summed E-state index contributed by atoms with van der Waals surface area (Å²) in [6.07, 6.45) is 6.67. The molecule has 0 aromatic heterocycles. The van der Waals surface area contributed by atoms with Crippen molar-refractivity contribution in [2.75, 3.05) is 6.54 Å². The fourth-order valence-electron chi connectivity index (χ4n) is 2.82. The highest BCUT2D eigenvalue weighted by atomic mass is 32.2. The number of sulfonamides is 1. The third-order valence-corrected chi connectivity index (χ3v) is 5.58. The summed E-state index contributed by atoms with van der Waals surface area (Å²) < 4.78 is 26.7. The van der Waals surface area contributed by atoms with E-state index in [1.807, 2.05) is 6.07 Å². The standard InChI is InChI=1S/C17H23N3O3S/c18-11-6-12-19-24(22,23)16-10-5-7-14(13-16)17(21)20-15-8-3-1-2-4-9-15/h5,7,10,13,15,19H,1-4,6,8-9,12H2,(H,20,21). The minimum Gasteiger partial charge on any atom is -0.349 e. The van der Waals surface area contributed by atoms with E-state index in [9.17, 15) is 13.2 Å². The molecule has 1 fully saturated rings. The van der Waals surface area contributed by atoms with Crippen LogP contribution in [0.4, 0.5) is 0 Å². The minimum atomic E-state index is -3.71. The lowest BCUT2D eigenvalue weighted by atomic mass is 10.1. The van der Waals surface area contributed by atoms with Crippen molar-refractivity contribution in [2.45, 2.75) is 55.9 Å². The van der Waals surface area contributed by atoms with Crippen LogP contribution in [0.1, 0.15) is 55.3 Å². The number of rotatable bonds is 6. The normalized spacial score (nSPS) is 16.1. The Morgan fingerprint density at radius 1 is 1.21 bits per heavy atom. The van der Waals surface area contributed by atoms with Crippen LogP contribution in [0.15, 0.2) is 29.2 Å². The van der Waals surface area contributed by atoms with E-state index in [-0.39, 0.29) is 29.8 Å². The fraction of sp³-hybridized carbons (Fsp3) is 0.529. The van der Waals surface area contributed by atoms with Crippen molar-refractivity contribution in [1.82, 2.24) is 10.0 Å². The second-order valence-electron chi connectivity index (χ2n) is 6.00. The Morgan fingerprint density at radius 2 is 1.92 bits per heavy atom. The number of nitriles is 1. The van der Waals surface area contributed by atoms with Crippen LogP contribution in [0, 0.1) is 11.3 Å². The van der Waals surface area contributed by atoms with E-state index >= 15 is 0 Å². The molecule has 1 amide bonds. The number of hydrogen-bond acceptors (Lipinski definition) is 4. The Kier molecular flexibility index (Phi) is 6.76. The van der Waals surface area contributed by atoms with Gasteiger partial charge in [-0.3, -0.25) is 4.79 Å². The zero-order valence-corrected chi connectivity index (χ0v) is 14.4. The van der Waals surface area contributed by atoms with E-state index in [4.69, 9.17) is 5.26 Å². The van der Waals surface area contributed by atoms with Crippen LogP contribution in [0.25, 0.3) is 0 Å². The second kappa shape index (κ2) is 8.81. The maximum Gasteiger partial charge on any atom is 0.251 e. The van der Waals surface area contributed by atoms with E-state index in [1.54, 1.807) is 12.1 Å². The molecule has 0 aliphatic heterocycles. The van der Waals surface area contributed by atoms with Crippen molar-refractivity contribution < 1.29 is 13.2 Å². The summed E-state index contributed by atoms with van der Waals surface area (Å²) in [6.45, 7) is 0.0529. The molecule has 0 spiro atoms. The zero-order valence-electron chi connectivity index (χ0n) is 13.6. The number of nitrogens with zero attached hydrogens (tertiary/aromatic N) is 1. The van der Waals surface area contributed by atoms with Gasteiger partial charge in [0.05, 0.1) is 11.0 Å². The van der Waals surface area contributed by atoms with Crippen molar-refractivity contribution in [3.8, 4) is 6.07 Å². The van der Waals surface area contributed by atoms with Crippen molar-refractivity contribution in [3.63, 3.8) is 0 Å². The van der Waals surface area contributed by atoms with Crippen LogP contribution in [0.5, 0.6) is 0 Å². The van der Waals surface area contributed by atoms with Gasteiger partial charge in [-0.15, -0.1) is 0 Å². The van der Waals surface area contributed by atoms with Gasteiger partial charge in [-0.05, 0) is 31.0 Å². The Morgan fingerprint density at radius 3 is 2.58 bits per heavy atom. The molecule has 2 N–H and O–H groups in total. The number of amides is 1. The molecule has 2 rings (SSSR count). The molecule has 1 aliphatic carbocycles. The van der Waals surface area contributed by atoms with E-state index in [1.165, 1.54) is 25.0 Å². The molecule has 0 radical (unpaired) electrons. The molecular weight excluding hydrogens is 326 g/mol. The average Bonchev–Trinajstić information content (AvgIpc) is 2.84. The molecule has 0 heterocycles. The molecule has 0 unspecified atom stereocenters. The molecule has 6 nitrogen and oxygen atoms in total. The van der Waals surface area contributed by atoms with Crippen molar-refractivity contribution in [1.29, 1.82) is 5.26 Å². The van der Waals surface area contributed by atoms with Crippen molar-refractivity contribution in [3.05, 3.63) is 29.8 Å². The molecule has 0 bridgehead atoms. The number of benzene rings is 1. The quantitative estimate of drug-likeness (QED) is 0.608. The summed E-state index contributed by atoms with van der Waals surface area (Å²) in [5.74, 6) is -0.240. The van der Waals surface area contributed by atoms with E-state index < -0.39 is 10.0 Å². The van der Waals surface area contributed by atoms with Crippen LogP contribution in [0.3, 0.4) is 0 Å². The Hall–Kier alpha value is -1.91. The van der Waals surface area contributed by atoms with Gasteiger partial charge in [0.15, 0.2) is 0 Å². The first-order valence-corrected chi connectivity index (χ1v) is 9.79. The SMILES string of the molecule is N#CCCNS(=O)(=O)c1cccc(C(=O)NC2CCCCCC2)c1. The lowest BCUT2D eigenvalue weighted by Gasteiger charge is -2.16. The summed E-state index contributed by atoms with van der Waals surface area (Å²) in [5.41, 5.74) is 0.336. The molecule has 1 aromatic rings. The van der Waals surface area contributed by atoms with E-state index in [2.05, 4.69) is 10.0 Å². The van der Waals surface area contributed by atoms with Crippen LogP contribution in [0.2, 0.25) is 0 Å². The second-order valence-corrected chi connectivity index (χ2v) is 7.76. The molecule has 0 saturated heterocycles. The van der Waals surface area contributed by atoms with Crippen LogP contribution in [-0.2, 0) is 10.0 Å². The Labute approximate surface area is 143 Å². The van der Waals surface area contributed by atoms with Crippen molar-refractivity contribution >= 4 is 15.9 Å². The molecule has 7 heteroatoms. The minimum absolute atomic E-state index is 0.0361. The van der Waals surface area contributed by atoms with E-state index in [0.29, 0.717) is 5.56 Å². The zero-order chi connectivity index (χ0) is 17.4. The van der Waals surface area contributed by atoms with Gasteiger partial charge in [0.25, 0.3) is 5.91 Å². The average molecular weight is 349 g/mol. The third-order valence-electron chi connectivity index (χ3n) is 4.13. The molecule has 130 valence electrons. The largest absolute Gasteiger partial charge is 0.349 e. The first kappa shape index (κ1) is 18.4. The van der Waals surface area contributed by atoms with Gasteiger partial charge >= 0.3 is 0 Å². The molecule has 1 aromatic carbocycles.